The fraction of sp³-hybridized carbons (Fsp3) is 0.857. The molecule has 0 fully saturated rings. The van der Waals surface area contributed by atoms with E-state index >= 15 is 0 Å². The summed E-state index contributed by atoms with van der Waals surface area (Å²) in [5.74, 6) is 0. The third-order valence-corrected chi connectivity index (χ3v) is 1.37. The normalized spacial score (nSPS) is 10.4. The average molecular weight is 209 g/mol. The minimum absolute atomic E-state index is 0.269. The molecule has 3 nitrogen and oxygen atoms in total. The van der Waals surface area contributed by atoms with Gasteiger partial charge in [0, 0.05) is 13.2 Å². The molecule has 0 rings (SSSR count). The van der Waals surface area contributed by atoms with Gasteiger partial charge >= 0.3 is 0 Å². The van der Waals surface area contributed by atoms with Crippen LogP contribution >= 0.6 is 25.3 Å². The molecule has 0 heterocycles. The quantitative estimate of drug-likeness (QED) is 0.301. The molecular formula is C7H15NO2S2. The van der Waals surface area contributed by atoms with Crippen molar-refractivity contribution in [3.05, 3.63) is 0 Å². The number of hydrogen-bond acceptors (Lipinski definition) is 3. The molecule has 0 saturated carbocycles. The van der Waals surface area contributed by atoms with Gasteiger partial charge in [-0.25, -0.2) is 0 Å². The van der Waals surface area contributed by atoms with Gasteiger partial charge in [-0.2, -0.15) is 0 Å². The molecule has 0 aliphatic rings. The van der Waals surface area contributed by atoms with Crippen LogP contribution in [0.25, 0.3) is 0 Å². The summed E-state index contributed by atoms with van der Waals surface area (Å²) in [6, 6.07) is 0. The second kappa shape index (κ2) is 7.91. The zero-order chi connectivity index (χ0) is 9.40. The molecule has 0 aliphatic heterocycles. The third kappa shape index (κ3) is 6.97. The summed E-state index contributed by atoms with van der Waals surface area (Å²) in [5, 5.41) is 0. The molecule has 72 valence electrons. The maximum Gasteiger partial charge on any atom is 0.176 e. The van der Waals surface area contributed by atoms with Gasteiger partial charge in [-0.3, -0.25) is 4.99 Å². The molecule has 0 atom stereocenters. The van der Waals surface area contributed by atoms with Crippen molar-refractivity contribution in [1.29, 1.82) is 0 Å². The van der Waals surface area contributed by atoms with Gasteiger partial charge in [-0.05, 0) is 13.8 Å². The number of hydrogen-bond donors (Lipinski definition) is 2. The van der Waals surface area contributed by atoms with Crippen LogP contribution < -0.4 is 0 Å². The van der Waals surface area contributed by atoms with Gasteiger partial charge in [-0.1, -0.05) is 0 Å². The second-order valence-electron chi connectivity index (χ2n) is 1.98. The summed E-state index contributed by atoms with van der Waals surface area (Å²) in [6.45, 7) is 5.52. The van der Waals surface area contributed by atoms with Crippen LogP contribution in [0, 0.1) is 0 Å². The fourth-order valence-corrected chi connectivity index (χ4v) is 0.845. The van der Waals surface area contributed by atoms with Crippen LogP contribution in [0.3, 0.4) is 0 Å². The lowest BCUT2D eigenvalue weighted by Gasteiger charge is -2.14. The summed E-state index contributed by atoms with van der Waals surface area (Å²) in [7, 11) is 0. The highest BCUT2D eigenvalue weighted by molar-refractivity contribution is 8.23. The summed E-state index contributed by atoms with van der Waals surface area (Å²) in [6.07, 6.45) is -0.269. The van der Waals surface area contributed by atoms with E-state index in [0.29, 0.717) is 24.1 Å². The van der Waals surface area contributed by atoms with Crippen molar-refractivity contribution < 1.29 is 9.47 Å². The van der Waals surface area contributed by atoms with Crippen LogP contribution in [-0.2, 0) is 9.47 Å². The van der Waals surface area contributed by atoms with Gasteiger partial charge in [0.05, 0.1) is 6.54 Å². The fourth-order valence-electron chi connectivity index (χ4n) is 0.681. The highest BCUT2D eigenvalue weighted by Crippen LogP contribution is 1.98. The predicted octanol–water partition coefficient (Wildman–Crippen LogP) is 1.60. The van der Waals surface area contributed by atoms with E-state index in [9.17, 15) is 0 Å². The summed E-state index contributed by atoms with van der Waals surface area (Å²) < 4.78 is 10.9. The molecule has 0 radical (unpaired) electrons. The van der Waals surface area contributed by atoms with E-state index < -0.39 is 0 Å². The van der Waals surface area contributed by atoms with Crippen LogP contribution in [0.5, 0.6) is 0 Å². The van der Waals surface area contributed by atoms with Crippen molar-refractivity contribution in [2.75, 3.05) is 19.8 Å². The van der Waals surface area contributed by atoms with E-state index in [4.69, 9.17) is 9.47 Å². The first-order valence-corrected chi connectivity index (χ1v) is 4.75. The van der Waals surface area contributed by atoms with E-state index in [-0.39, 0.29) is 6.29 Å². The Kier molecular flexibility index (Phi) is 8.11. The Hall–Kier alpha value is 0.290. The smallest absolute Gasteiger partial charge is 0.176 e. The summed E-state index contributed by atoms with van der Waals surface area (Å²) in [4.78, 5) is 3.96. The molecule has 0 saturated heterocycles. The monoisotopic (exact) mass is 209 g/mol. The Bertz CT molecular complexity index is 131. The first kappa shape index (κ1) is 12.3. The molecule has 0 bridgehead atoms. The van der Waals surface area contributed by atoms with Crippen molar-refractivity contribution >= 4 is 29.6 Å². The van der Waals surface area contributed by atoms with Crippen LogP contribution in [0.1, 0.15) is 13.8 Å². The molecule has 0 aliphatic carbocycles. The van der Waals surface area contributed by atoms with E-state index in [2.05, 4.69) is 30.2 Å². The summed E-state index contributed by atoms with van der Waals surface area (Å²) >= 11 is 7.82. The van der Waals surface area contributed by atoms with Crippen molar-refractivity contribution in [3.63, 3.8) is 0 Å². The van der Waals surface area contributed by atoms with Gasteiger partial charge in [0.25, 0.3) is 0 Å². The van der Waals surface area contributed by atoms with Gasteiger partial charge in [0.2, 0.25) is 0 Å². The number of aliphatic imine (C=N–C) groups is 1. The maximum absolute atomic E-state index is 5.24. The summed E-state index contributed by atoms with van der Waals surface area (Å²) in [5.41, 5.74) is 0. The topological polar surface area (TPSA) is 30.8 Å². The van der Waals surface area contributed by atoms with E-state index in [1.54, 1.807) is 0 Å². The largest absolute Gasteiger partial charge is 0.351 e. The standard InChI is InChI=1S/C7H15NO2S2/c1-3-9-6(10-4-2)5-8-7(11)12/h6H,3-5H2,1-2H3,(H2,8,11,12). The second-order valence-corrected chi connectivity index (χ2v) is 3.18. The number of rotatable bonds is 6. The molecule has 0 aromatic heterocycles. The molecule has 0 aromatic carbocycles. The van der Waals surface area contributed by atoms with Crippen LogP contribution in [-0.4, -0.2) is 30.4 Å². The average Bonchev–Trinajstić information content (AvgIpc) is 2.01. The molecule has 0 unspecified atom stereocenters. The zero-order valence-electron chi connectivity index (χ0n) is 7.36. The Labute approximate surface area is 84.4 Å². The zero-order valence-corrected chi connectivity index (χ0v) is 9.15. The molecule has 0 amide bonds. The lowest BCUT2D eigenvalue weighted by atomic mass is 10.6. The number of thiol groups is 2. The molecule has 12 heavy (non-hydrogen) atoms. The molecule has 0 aromatic rings. The van der Waals surface area contributed by atoms with Gasteiger partial charge in [-0.15, -0.1) is 25.3 Å². The first-order chi connectivity index (χ1) is 5.70. The Morgan fingerprint density at radius 2 is 1.75 bits per heavy atom. The maximum atomic E-state index is 5.24. The SMILES string of the molecule is CCOC(CN=C(S)S)OCC. The van der Waals surface area contributed by atoms with Crippen LogP contribution in [0.2, 0.25) is 0 Å². The van der Waals surface area contributed by atoms with Crippen LogP contribution in [0.15, 0.2) is 4.99 Å². The lowest BCUT2D eigenvalue weighted by molar-refractivity contribution is -0.128. The van der Waals surface area contributed by atoms with E-state index in [0.717, 1.165) is 0 Å². The van der Waals surface area contributed by atoms with Crippen molar-refractivity contribution in [2.45, 2.75) is 20.1 Å². The lowest BCUT2D eigenvalue weighted by Crippen LogP contribution is -2.20. The van der Waals surface area contributed by atoms with Crippen molar-refractivity contribution in [3.8, 4) is 0 Å². The molecule has 0 spiro atoms. The van der Waals surface area contributed by atoms with Gasteiger partial charge in [0.15, 0.2) is 6.29 Å². The van der Waals surface area contributed by atoms with Crippen LogP contribution in [0.4, 0.5) is 0 Å². The Morgan fingerprint density at radius 1 is 1.25 bits per heavy atom. The minimum Gasteiger partial charge on any atom is -0.351 e. The van der Waals surface area contributed by atoms with E-state index in [1.807, 2.05) is 13.8 Å². The molecular weight excluding hydrogens is 194 g/mol. The van der Waals surface area contributed by atoms with E-state index in [1.165, 1.54) is 0 Å². The Balaban J connectivity index is 3.69. The Morgan fingerprint density at radius 3 is 2.08 bits per heavy atom. The molecule has 0 N–H and O–H groups in total. The van der Waals surface area contributed by atoms with Crippen molar-refractivity contribution in [2.24, 2.45) is 4.99 Å². The molecule has 5 heteroatoms. The highest BCUT2D eigenvalue weighted by atomic mass is 32.2. The van der Waals surface area contributed by atoms with Gasteiger partial charge in [0.1, 0.15) is 4.38 Å². The number of ether oxygens (including phenoxy) is 2. The van der Waals surface area contributed by atoms with Crippen molar-refractivity contribution in [1.82, 2.24) is 0 Å². The number of nitrogens with zero attached hydrogens (tertiary/aromatic N) is 1. The minimum atomic E-state index is -0.269. The third-order valence-electron chi connectivity index (χ3n) is 1.09. The predicted molar refractivity (Wildman–Crippen MR) is 57.3 cm³/mol. The first-order valence-electron chi connectivity index (χ1n) is 3.86. The highest BCUT2D eigenvalue weighted by Gasteiger charge is 2.05. The van der Waals surface area contributed by atoms with Gasteiger partial charge < -0.3 is 9.47 Å².